The molecule has 1 aliphatic heterocycles. The van der Waals surface area contributed by atoms with E-state index in [9.17, 15) is 4.79 Å². The Bertz CT molecular complexity index is 1190. The van der Waals surface area contributed by atoms with Gasteiger partial charge in [0.05, 0.1) is 17.4 Å². The van der Waals surface area contributed by atoms with E-state index in [1.54, 1.807) is 4.57 Å². The van der Waals surface area contributed by atoms with Gasteiger partial charge in [-0.1, -0.05) is 30.3 Å². The van der Waals surface area contributed by atoms with E-state index in [0.717, 1.165) is 46.5 Å². The lowest BCUT2D eigenvalue weighted by Crippen LogP contribution is -2.26. The zero-order chi connectivity index (χ0) is 18.4. The molecule has 1 aliphatic rings. The van der Waals surface area contributed by atoms with Crippen LogP contribution in [0, 0.1) is 3.57 Å². The van der Waals surface area contributed by atoms with Crippen molar-refractivity contribution in [1.82, 2.24) is 19.2 Å². The predicted molar refractivity (Wildman–Crippen MR) is 114 cm³/mol. The summed E-state index contributed by atoms with van der Waals surface area (Å²) in [6, 6.07) is 16.0. The molecule has 2 aromatic carbocycles. The molecule has 1 saturated heterocycles. The normalized spacial score (nSPS) is 14.5. The summed E-state index contributed by atoms with van der Waals surface area (Å²) in [5.74, 6) is 1.43. The minimum atomic E-state index is -0.0276. The van der Waals surface area contributed by atoms with Crippen LogP contribution >= 0.6 is 22.6 Å². The molecule has 5 rings (SSSR count). The van der Waals surface area contributed by atoms with E-state index in [-0.39, 0.29) is 5.56 Å². The van der Waals surface area contributed by atoms with Crippen molar-refractivity contribution in [2.24, 2.45) is 0 Å². The molecular weight excluding hydrogens is 453 g/mol. The zero-order valence-electron chi connectivity index (χ0n) is 14.7. The van der Waals surface area contributed by atoms with Crippen LogP contribution in [0.3, 0.4) is 0 Å². The molecule has 0 atom stereocenters. The van der Waals surface area contributed by atoms with Crippen molar-refractivity contribution in [2.45, 2.75) is 19.4 Å². The van der Waals surface area contributed by atoms with E-state index in [2.05, 4.69) is 37.7 Å². The average molecular weight is 471 g/mol. The van der Waals surface area contributed by atoms with E-state index >= 15 is 0 Å². The second-order valence-corrected chi connectivity index (χ2v) is 8.11. The fourth-order valence-corrected chi connectivity index (χ4v) is 4.29. The molecule has 3 heterocycles. The molecule has 0 saturated carbocycles. The van der Waals surface area contributed by atoms with Crippen molar-refractivity contribution in [3.05, 3.63) is 68.0 Å². The summed E-state index contributed by atoms with van der Waals surface area (Å²) in [6.45, 7) is 2.43. The first-order valence-corrected chi connectivity index (χ1v) is 10.2. The average Bonchev–Trinajstić information content (AvgIpc) is 3.35. The highest BCUT2D eigenvalue weighted by molar-refractivity contribution is 14.1. The highest BCUT2D eigenvalue weighted by Gasteiger charge is 2.22. The molecule has 0 bridgehead atoms. The maximum atomic E-state index is 13.3. The Morgan fingerprint density at radius 3 is 2.56 bits per heavy atom. The molecule has 7 heteroatoms. The van der Waals surface area contributed by atoms with Gasteiger partial charge in [0.1, 0.15) is 0 Å². The lowest BCUT2D eigenvalue weighted by molar-refractivity contribution is 0.765. The number of fused-ring (bicyclic) bond motifs is 3. The number of hydrogen-bond donors (Lipinski definition) is 0. The number of aromatic nitrogens is 4. The van der Waals surface area contributed by atoms with Gasteiger partial charge in [0.25, 0.3) is 5.56 Å². The van der Waals surface area contributed by atoms with Gasteiger partial charge in [-0.25, -0.2) is 4.40 Å². The largest absolute Gasteiger partial charge is 0.341 e. The topological polar surface area (TPSA) is 55.4 Å². The van der Waals surface area contributed by atoms with E-state index < -0.39 is 0 Å². The quantitative estimate of drug-likeness (QED) is 0.431. The maximum absolute atomic E-state index is 13.3. The number of nitrogens with zero attached hydrogens (tertiary/aromatic N) is 5. The molecule has 136 valence electrons. The Hall–Kier alpha value is -2.42. The second kappa shape index (κ2) is 6.63. The standard InChI is InChI=1S/C20H18IN5O/c21-15-8-9-17-16(12-15)18(27)25(13-14-6-2-1-3-7-14)20-23-22-19(26(17)20)24-10-4-5-11-24/h1-3,6-9,12H,4-5,10-11,13H2. The second-order valence-electron chi connectivity index (χ2n) is 6.87. The Kier molecular flexibility index (Phi) is 4.11. The minimum absolute atomic E-state index is 0.0276. The molecule has 1 fully saturated rings. The van der Waals surface area contributed by atoms with Crippen LogP contribution in [0.5, 0.6) is 0 Å². The Labute approximate surface area is 169 Å². The van der Waals surface area contributed by atoms with Crippen LogP contribution in [0.1, 0.15) is 18.4 Å². The van der Waals surface area contributed by atoms with Crippen LogP contribution < -0.4 is 10.5 Å². The summed E-state index contributed by atoms with van der Waals surface area (Å²) in [5, 5.41) is 9.60. The van der Waals surface area contributed by atoms with Crippen LogP contribution in [0.25, 0.3) is 16.7 Å². The molecule has 0 unspecified atom stereocenters. The zero-order valence-corrected chi connectivity index (χ0v) is 16.8. The first-order valence-electron chi connectivity index (χ1n) is 9.08. The smallest absolute Gasteiger partial charge is 0.263 e. The van der Waals surface area contributed by atoms with Gasteiger partial charge in [0.2, 0.25) is 11.7 Å². The third kappa shape index (κ3) is 2.80. The molecular formula is C20H18IN5O. The van der Waals surface area contributed by atoms with Crippen LogP contribution in [0.2, 0.25) is 0 Å². The van der Waals surface area contributed by atoms with Crippen LogP contribution in [0.15, 0.2) is 53.3 Å². The maximum Gasteiger partial charge on any atom is 0.263 e. The van der Waals surface area contributed by atoms with Crippen molar-refractivity contribution >= 4 is 45.2 Å². The van der Waals surface area contributed by atoms with Gasteiger partial charge in [-0.2, -0.15) is 0 Å². The summed E-state index contributed by atoms with van der Waals surface area (Å²) in [7, 11) is 0. The Balaban J connectivity index is 1.82. The number of benzene rings is 2. The fourth-order valence-electron chi connectivity index (χ4n) is 3.80. The first-order chi connectivity index (χ1) is 13.2. The number of rotatable bonds is 3. The van der Waals surface area contributed by atoms with Crippen LogP contribution in [-0.4, -0.2) is 32.3 Å². The first kappa shape index (κ1) is 16.7. The van der Waals surface area contributed by atoms with Gasteiger partial charge >= 0.3 is 0 Å². The third-order valence-electron chi connectivity index (χ3n) is 5.12. The summed E-state index contributed by atoms with van der Waals surface area (Å²) < 4.78 is 4.82. The summed E-state index contributed by atoms with van der Waals surface area (Å²) in [6.07, 6.45) is 2.32. The number of hydrogen-bond acceptors (Lipinski definition) is 4. The van der Waals surface area contributed by atoms with Crippen molar-refractivity contribution in [3.63, 3.8) is 0 Å². The Morgan fingerprint density at radius 1 is 1.00 bits per heavy atom. The minimum Gasteiger partial charge on any atom is -0.341 e. The number of halogens is 1. The molecule has 0 N–H and O–H groups in total. The van der Waals surface area contributed by atoms with E-state index in [4.69, 9.17) is 0 Å². The third-order valence-corrected chi connectivity index (χ3v) is 5.79. The summed E-state index contributed by atoms with van der Waals surface area (Å²) >= 11 is 2.25. The van der Waals surface area contributed by atoms with Crippen molar-refractivity contribution in [1.29, 1.82) is 0 Å². The lowest BCUT2D eigenvalue weighted by atomic mass is 10.2. The lowest BCUT2D eigenvalue weighted by Gasteiger charge is -2.17. The molecule has 0 radical (unpaired) electrons. The highest BCUT2D eigenvalue weighted by Crippen LogP contribution is 2.24. The van der Waals surface area contributed by atoms with E-state index in [1.807, 2.05) is 52.9 Å². The number of anilines is 1. The molecule has 4 aromatic rings. The predicted octanol–water partition coefficient (Wildman–Crippen LogP) is 3.30. The summed E-state index contributed by atoms with van der Waals surface area (Å²) in [5.41, 5.74) is 1.91. The molecule has 0 aliphatic carbocycles. The molecule has 6 nitrogen and oxygen atoms in total. The molecule has 2 aromatic heterocycles. The summed E-state index contributed by atoms with van der Waals surface area (Å²) in [4.78, 5) is 15.6. The van der Waals surface area contributed by atoms with Crippen molar-refractivity contribution < 1.29 is 0 Å². The molecule has 27 heavy (non-hydrogen) atoms. The van der Waals surface area contributed by atoms with Gasteiger partial charge in [-0.05, 0) is 59.2 Å². The Morgan fingerprint density at radius 2 is 1.78 bits per heavy atom. The molecule has 0 amide bonds. The van der Waals surface area contributed by atoms with Crippen LogP contribution in [0.4, 0.5) is 5.95 Å². The van der Waals surface area contributed by atoms with Crippen molar-refractivity contribution in [3.8, 4) is 0 Å². The fraction of sp³-hybridized carbons (Fsp3) is 0.250. The SMILES string of the molecule is O=c1c2cc(I)ccc2n2c(N3CCCC3)nnc2n1Cc1ccccc1. The highest BCUT2D eigenvalue weighted by atomic mass is 127. The molecule has 0 spiro atoms. The van der Waals surface area contributed by atoms with E-state index in [1.165, 1.54) is 0 Å². The van der Waals surface area contributed by atoms with Crippen molar-refractivity contribution in [2.75, 3.05) is 18.0 Å². The van der Waals surface area contributed by atoms with Gasteiger partial charge in [0, 0.05) is 16.7 Å². The van der Waals surface area contributed by atoms with Gasteiger partial charge < -0.3 is 4.90 Å². The van der Waals surface area contributed by atoms with Gasteiger partial charge in [-0.15, -0.1) is 10.2 Å². The van der Waals surface area contributed by atoms with E-state index in [0.29, 0.717) is 17.7 Å². The van der Waals surface area contributed by atoms with Gasteiger partial charge in [-0.3, -0.25) is 9.36 Å². The van der Waals surface area contributed by atoms with Crippen LogP contribution in [-0.2, 0) is 6.54 Å². The van der Waals surface area contributed by atoms with Gasteiger partial charge in [0.15, 0.2) is 0 Å². The monoisotopic (exact) mass is 471 g/mol.